The fourth-order valence-electron chi connectivity index (χ4n) is 1.05. The van der Waals surface area contributed by atoms with Gasteiger partial charge in [0.1, 0.15) is 0 Å². The molecule has 0 radical (unpaired) electrons. The van der Waals surface area contributed by atoms with Crippen molar-refractivity contribution >= 4 is 10.2 Å². The predicted octanol–water partition coefficient (Wildman–Crippen LogP) is 1.54. The lowest BCUT2D eigenvalue weighted by molar-refractivity contribution is 0.253. The maximum atomic E-state index is 5.32. The van der Waals surface area contributed by atoms with Crippen LogP contribution in [-0.4, -0.2) is 16.8 Å². The van der Waals surface area contributed by atoms with Crippen molar-refractivity contribution in [3.63, 3.8) is 0 Å². The van der Waals surface area contributed by atoms with Gasteiger partial charge in [-0.05, 0) is 11.6 Å². The highest BCUT2D eigenvalue weighted by molar-refractivity contribution is 6.09. The molecule has 70 valence electrons. The van der Waals surface area contributed by atoms with Crippen LogP contribution >= 0.6 is 0 Å². The van der Waals surface area contributed by atoms with Crippen molar-refractivity contribution in [2.45, 2.75) is 12.5 Å². The highest BCUT2D eigenvalue weighted by Crippen LogP contribution is 1.99. The maximum Gasteiger partial charge on any atom is 0.0913 e. The second kappa shape index (κ2) is 6.49. The number of rotatable bonds is 5. The Morgan fingerprint density at radius 1 is 1.23 bits per heavy atom. The van der Waals surface area contributed by atoms with Crippen LogP contribution in [0.15, 0.2) is 42.7 Å². The molecular formula is C11H16OSi. The standard InChI is InChI=1S/C11H16OSi/c13-10-4-8-12-9-7-11-5-2-1-3-6-11/h1-6,8H,7,9-10H2,13H3. The molecule has 1 nitrogen and oxygen atoms in total. The number of benzene rings is 1. The normalized spacial score (nSPS) is 10.8. The Labute approximate surface area is 82.9 Å². The molecule has 0 saturated carbocycles. The van der Waals surface area contributed by atoms with Crippen molar-refractivity contribution in [2.24, 2.45) is 0 Å². The molecular weight excluding hydrogens is 176 g/mol. The SMILES string of the molecule is [SiH3]CC=COCCc1ccccc1. The average molecular weight is 192 g/mol. The summed E-state index contributed by atoms with van der Waals surface area (Å²) in [6, 6.07) is 11.6. The van der Waals surface area contributed by atoms with E-state index in [1.165, 1.54) is 21.9 Å². The van der Waals surface area contributed by atoms with Gasteiger partial charge in [0.2, 0.25) is 0 Å². The van der Waals surface area contributed by atoms with Crippen molar-refractivity contribution in [3.05, 3.63) is 48.2 Å². The second-order valence-corrected chi connectivity index (χ2v) is 3.70. The molecule has 1 rings (SSSR count). The summed E-state index contributed by atoms with van der Waals surface area (Å²) >= 11 is 0. The van der Waals surface area contributed by atoms with Crippen LogP contribution in [0.4, 0.5) is 0 Å². The third-order valence-electron chi connectivity index (χ3n) is 1.78. The molecule has 13 heavy (non-hydrogen) atoms. The Morgan fingerprint density at radius 3 is 2.69 bits per heavy atom. The fourth-order valence-corrected chi connectivity index (χ4v) is 1.25. The molecule has 0 aliphatic carbocycles. The lowest BCUT2D eigenvalue weighted by atomic mass is 10.2. The van der Waals surface area contributed by atoms with Crippen LogP contribution in [0.2, 0.25) is 6.04 Å². The second-order valence-electron chi connectivity index (χ2n) is 2.89. The van der Waals surface area contributed by atoms with Gasteiger partial charge in [0.25, 0.3) is 0 Å². The number of hydrogen-bond donors (Lipinski definition) is 0. The fraction of sp³-hybridized carbons (Fsp3) is 0.273. The zero-order chi connectivity index (χ0) is 9.36. The van der Waals surface area contributed by atoms with Crippen molar-refractivity contribution in [1.82, 2.24) is 0 Å². The summed E-state index contributed by atoms with van der Waals surface area (Å²) in [6.07, 6.45) is 4.89. The van der Waals surface area contributed by atoms with Crippen molar-refractivity contribution in [3.8, 4) is 0 Å². The molecule has 0 spiro atoms. The molecule has 0 aliphatic rings. The van der Waals surface area contributed by atoms with Crippen LogP contribution in [0, 0.1) is 0 Å². The number of ether oxygens (including phenoxy) is 1. The lowest BCUT2D eigenvalue weighted by Gasteiger charge is -2.00. The van der Waals surface area contributed by atoms with Crippen molar-refractivity contribution in [1.29, 1.82) is 0 Å². The molecule has 1 aromatic carbocycles. The first kappa shape index (κ1) is 10.1. The molecule has 0 saturated heterocycles. The molecule has 0 fully saturated rings. The Hall–Kier alpha value is -1.02. The first-order valence-corrected chi connectivity index (χ1v) is 6.15. The number of hydrogen-bond acceptors (Lipinski definition) is 1. The van der Waals surface area contributed by atoms with Crippen LogP contribution in [0.1, 0.15) is 5.56 Å². The van der Waals surface area contributed by atoms with E-state index in [0.717, 1.165) is 13.0 Å². The predicted molar refractivity (Wildman–Crippen MR) is 60.0 cm³/mol. The van der Waals surface area contributed by atoms with Gasteiger partial charge in [-0.2, -0.15) is 0 Å². The van der Waals surface area contributed by atoms with Gasteiger partial charge in [-0.25, -0.2) is 0 Å². The zero-order valence-electron chi connectivity index (χ0n) is 8.07. The maximum absolute atomic E-state index is 5.32. The molecule has 0 atom stereocenters. The van der Waals surface area contributed by atoms with E-state index in [4.69, 9.17) is 4.74 Å². The minimum Gasteiger partial charge on any atom is -0.501 e. The third-order valence-corrected chi connectivity index (χ3v) is 2.25. The van der Waals surface area contributed by atoms with E-state index in [1.54, 1.807) is 0 Å². The van der Waals surface area contributed by atoms with Gasteiger partial charge in [0, 0.05) is 16.7 Å². The van der Waals surface area contributed by atoms with Gasteiger partial charge in [-0.15, -0.1) is 0 Å². The average Bonchev–Trinajstić information content (AvgIpc) is 2.19. The van der Waals surface area contributed by atoms with Crippen LogP contribution < -0.4 is 0 Å². The van der Waals surface area contributed by atoms with E-state index in [2.05, 4.69) is 30.3 Å². The summed E-state index contributed by atoms with van der Waals surface area (Å²) in [6.45, 7) is 0.780. The Balaban J connectivity index is 2.17. The summed E-state index contributed by atoms with van der Waals surface area (Å²) in [5, 5.41) is 0. The van der Waals surface area contributed by atoms with Gasteiger partial charge >= 0.3 is 0 Å². The summed E-state index contributed by atoms with van der Waals surface area (Å²) < 4.78 is 5.32. The molecule has 0 heterocycles. The molecule has 0 N–H and O–H groups in total. The van der Waals surface area contributed by atoms with E-state index >= 15 is 0 Å². The molecule has 0 aliphatic heterocycles. The van der Waals surface area contributed by atoms with Gasteiger partial charge in [-0.1, -0.05) is 36.4 Å². The number of allylic oxidation sites excluding steroid dienone is 1. The largest absolute Gasteiger partial charge is 0.501 e. The Kier molecular flexibility index (Phi) is 5.02. The minimum absolute atomic E-state index is 0.780. The Bertz CT molecular complexity index is 244. The summed E-state index contributed by atoms with van der Waals surface area (Å²) in [5.41, 5.74) is 1.33. The van der Waals surface area contributed by atoms with Gasteiger partial charge in [0.15, 0.2) is 0 Å². The minimum atomic E-state index is 0.780. The Morgan fingerprint density at radius 2 is 2.00 bits per heavy atom. The van der Waals surface area contributed by atoms with Crippen LogP contribution in [0.3, 0.4) is 0 Å². The van der Waals surface area contributed by atoms with E-state index in [0.29, 0.717) is 0 Å². The third kappa shape index (κ3) is 4.53. The zero-order valence-corrected chi connectivity index (χ0v) is 10.1. The van der Waals surface area contributed by atoms with Crippen LogP contribution in [0.25, 0.3) is 0 Å². The lowest BCUT2D eigenvalue weighted by Crippen LogP contribution is -1.92. The molecule has 0 bridgehead atoms. The summed E-state index contributed by atoms with van der Waals surface area (Å²) in [7, 11) is 1.22. The van der Waals surface area contributed by atoms with Crippen LogP contribution in [-0.2, 0) is 11.2 Å². The first-order chi connectivity index (χ1) is 6.43. The summed E-state index contributed by atoms with van der Waals surface area (Å²) in [5.74, 6) is 0. The van der Waals surface area contributed by atoms with Gasteiger partial charge in [-0.3, -0.25) is 0 Å². The highest BCUT2D eigenvalue weighted by atomic mass is 28.1. The molecule has 0 aromatic heterocycles. The smallest absolute Gasteiger partial charge is 0.0913 e. The first-order valence-electron chi connectivity index (χ1n) is 4.74. The molecule has 0 unspecified atom stereocenters. The molecule has 1 aromatic rings. The van der Waals surface area contributed by atoms with Crippen molar-refractivity contribution in [2.75, 3.05) is 6.61 Å². The quantitative estimate of drug-likeness (QED) is 0.391. The van der Waals surface area contributed by atoms with Gasteiger partial charge < -0.3 is 4.74 Å². The monoisotopic (exact) mass is 192 g/mol. The van der Waals surface area contributed by atoms with E-state index in [1.807, 2.05) is 12.3 Å². The van der Waals surface area contributed by atoms with E-state index in [-0.39, 0.29) is 0 Å². The topological polar surface area (TPSA) is 9.23 Å². The van der Waals surface area contributed by atoms with Crippen molar-refractivity contribution < 1.29 is 4.74 Å². The van der Waals surface area contributed by atoms with Gasteiger partial charge in [0.05, 0.1) is 12.9 Å². The van der Waals surface area contributed by atoms with Crippen LogP contribution in [0.5, 0.6) is 0 Å². The van der Waals surface area contributed by atoms with E-state index in [9.17, 15) is 0 Å². The molecule has 0 amide bonds. The van der Waals surface area contributed by atoms with E-state index < -0.39 is 0 Å². The molecule has 2 heteroatoms. The highest BCUT2D eigenvalue weighted by Gasteiger charge is 1.88. The summed E-state index contributed by atoms with van der Waals surface area (Å²) in [4.78, 5) is 0.